The quantitative estimate of drug-likeness (QED) is 0.881. The molecule has 0 radical (unpaired) electrons. The molecule has 3 nitrogen and oxygen atoms in total. The van der Waals surface area contributed by atoms with Gasteiger partial charge in [0, 0.05) is 30.5 Å². The zero-order chi connectivity index (χ0) is 13.8. The molecule has 0 saturated heterocycles. The molecule has 0 aliphatic carbocycles. The molecule has 0 aliphatic heterocycles. The van der Waals surface area contributed by atoms with E-state index in [0.29, 0.717) is 0 Å². The van der Waals surface area contributed by atoms with E-state index in [4.69, 9.17) is 0 Å². The number of hydrogen-bond acceptors (Lipinski definition) is 4. The summed E-state index contributed by atoms with van der Waals surface area (Å²) in [6.45, 7) is 1.93. The highest BCUT2D eigenvalue weighted by Crippen LogP contribution is 2.20. The lowest BCUT2D eigenvalue weighted by atomic mass is 10.2. The Bertz CT molecular complexity index is 543. The fraction of sp³-hybridized carbons (Fsp3) is 0.308. The fourth-order valence-electron chi connectivity index (χ4n) is 1.76. The summed E-state index contributed by atoms with van der Waals surface area (Å²) in [6, 6.07) is 4.84. The van der Waals surface area contributed by atoms with E-state index in [9.17, 15) is 8.78 Å². The van der Waals surface area contributed by atoms with Crippen LogP contribution in [0.1, 0.15) is 11.8 Å². The maximum atomic E-state index is 13.6. The van der Waals surface area contributed by atoms with Gasteiger partial charge in [0.1, 0.15) is 0 Å². The molecule has 1 unspecified atom stereocenters. The fourth-order valence-corrected chi connectivity index (χ4v) is 2.59. The molecule has 0 fully saturated rings. The first-order chi connectivity index (χ1) is 9.10. The smallest absolute Gasteiger partial charge is 0.168 e. The van der Waals surface area contributed by atoms with Crippen molar-refractivity contribution in [3.8, 4) is 0 Å². The van der Waals surface area contributed by atoms with E-state index in [1.807, 2.05) is 24.4 Å². The number of hydrogen-bond donors (Lipinski definition) is 2. The SMILES string of the molecule is CNc1nc(NC(C)Cc2cccs2)c(F)cc1F. The summed E-state index contributed by atoms with van der Waals surface area (Å²) in [5.74, 6) is -1.28. The van der Waals surface area contributed by atoms with Gasteiger partial charge in [0.05, 0.1) is 0 Å². The number of halogens is 2. The van der Waals surface area contributed by atoms with Crippen LogP contribution in [0.5, 0.6) is 0 Å². The van der Waals surface area contributed by atoms with Crippen LogP contribution in [-0.4, -0.2) is 18.1 Å². The first kappa shape index (κ1) is 13.7. The highest BCUT2D eigenvalue weighted by atomic mass is 32.1. The van der Waals surface area contributed by atoms with Gasteiger partial charge in [-0.2, -0.15) is 0 Å². The average Bonchev–Trinajstić information content (AvgIpc) is 2.85. The molecule has 0 bridgehead atoms. The van der Waals surface area contributed by atoms with E-state index in [1.54, 1.807) is 18.4 Å². The Morgan fingerprint density at radius 3 is 2.68 bits per heavy atom. The minimum absolute atomic E-state index is 0.0100. The van der Waals surface area contributed by atoms with E-state index in [0.717, 1.165) is 12.5 Å². The Morgan fingerprint density at radius 2 is 2.05 bits per heavy atom. The molecule has 2 aromatic rings. The van der Waals surface area contributed by atoms with E-state index in [-0.39, 0.29) is 17.7 Å². The van der Waals surface area contributed by atoms with Crippen molar-refractivity contribution >= 4 is 23.0 Å². The molecule has 0 saturated carbocycles. The number of nitrogens with one attached hydrogen (secondary N) is 2. The first-order valence-electron chi connectivity index (χ1n) is 5.93. The Kier molecular flexibility index (Phi) is 4.31. The minimum atomic E-state index is -0.698. The predicted octanol–water partition coefficient (Wildman–Crippen LogP) is 3.51. The highest BCUT2D eigenvalue weighted by molar-refractivity contribution is 7.09. The third kappa shape index (κ3) is 3.41. The van der Waals surface area contributed by atoms with Crippen molar-refractivity contribution in [3.05, 3.63) is 40.1 Å². The summed E-state index contributed by atoms with van der Waals surface area (Å²) >= 11 is 1.65. The average molecular weight is 283 g/mol. The van der Waals surface area contributed by atoms with Gasteiger partial charge in [-0.3, -0.25) is 0 Å². The van der Waals surface area contributed by atoms with Crippen LogP contribution < -0.4 is 10.6 Å². The lowest BCUT2D eigenvalue weighted by Crippen LogP contribution is -2.20. The van der Waals surface area contributed by atoms with Crippen LogP contribution in [0.25, 0.3) is 0 Å². The molecule has 6 heteroatoms. The number of aromatic nitrogens is 1. The van der Waals surface area contributed by atoms with Crippen LogP contribution in [0, 0.1) is 11.6 Å². The van der Waals surface area contributed by atoms with Gasteiger partial charge >= 0.3 is 0 Å². The summed E-state index contributed by atoms with van der Waals surface area (Å²) in [5.41, 5.74) is 0. The Morgan fingerprint density at radius 1 is 1.32 bits per heavy atom. The summed E-state index contributed by atoms with van der Waals surface area (Å²) in [4.78, 5) is 5.10. The third-order valence-corrected chi connectivity index (χ3v) is 3.54. The number of nitrogens with zero attached hydrogens (tertiary/aromatic N) is 1. The van der Waals surface area contributed by atoms with Crippen molar-refractivity contribution in [2.75, 3.05) is 17.7 Å². The first-order valence-corrected chi connectivity index (χ1v) is 6.81. The van der Waals surface area contributed by atoms with Crippen LogP contribution in [0.15, 0.2) is 23.6 Å². The summed E-state index contributed by atoms with van der Waals surface area (Å²) in [6.07, 6.45) is 0.769. The van der Waals surface area contributed by atoms with Crippen LogP contribution in [-0.2, 0) is 6.42 Å². The van der Waals surface area contributed by atoms with Gasteiger partial charge in [0.15, 0.2) is 23.3 Å². The minimum Gasteiger partial charge on any atom is -0.371 e. The molecule has 1 atom stereocenters. The molecule has 0 amide bonds. The maximum absolute atomic E-state index is 13.6. The van der Waals surface area contributed by atoms with Crippen LogP contribution in [0.3, 0.4) is 0 Å². The van der Waals surface area contributed by atoms with Gasteiger partial charge < -0.3 is 10.6 Å². The van der Waals surface area contributed by atoms with Crippen LogP contribution in [0.2, 0.25) is 0 Å². The van der Waals surface area contributed by atoms with Crippen molar-refractivity contribution in [2.24, 2.45) is 0 Å². The Labute approximate surface area is 114 Å². The highest BCUT2D eigenvalue weighted by Gasteiger charge is 2.13. The van der Waals surface area contributed by atoms with Gasteiger partial charge in [-0.1, -0.05) is 6.07 Å². The number of anilines is 2. The maximum Gasteiger partial charge on any atom is 0.168 e. The predicted molar refractivity (Wildman–Crippen MR) is 74.8 cm³/mol. The molecule has 2 N–H and O–H groups in total. The topological polar surface area (TPSA) is 37.0 Å². The zero-order valence-corrected chi connectivity index (χ0v) is 11.5. The van der Waals surface area contributed by atoms with Crippen molar-refractivity contribution in [2.45, 2.75) is 19.4 Å². The number of thiophene rings is 1. The molecule has 0 spiro atoms. The van der Waals surface area contributed by atoms with Crippen molar-refractivity contribution in [1.82, 2.24) is 4.98 Å². The van der Waals surface area contributed by atoms with Crippen LogP contribution in [0.4, 0.5) is 20.4 Å². The largest absolute Gasteiger partial charge is 0.371 e. The Balaban J connectivity index is 2.09. The van der Waals surface area contributed by atoms with E-state index in [2.05, 4.69) is 15.6 Å². The second kappa shape index (κ2) is 5.97. The summed E-state index contributed by atoms with van der Waals surface area (Å²) in [7, 11) is 1.54. The summed E-state index contributed by atoms with van der Waals surface area (Å²) < 4.78 is 26.9. The molecule has 19 heavy (non-hydrogen) atoms. The monoisotopic (exact) mass is 283 g/mol. The van der Waals surface area contributed by atoms with Gasteiger partial charge in [0.2, 0.25) is 0 Å². The van der Waals surface area contributed by atoms with Gasteiger partial charge in [-0.05, 0) is 18.4 Å². The molecule has 2 rings (SSSR count). The molecular formula is C13H15F2N3S. The van der Waals surface area contributed by atoms with E-state index in [1.165, 1.54) is 4.88 Å². The number of rotatable bonds is 5. The van der Waals surface area contributed by atoms with Crippen molar-refractivity contribution < 1.29 is 8.78 Å². The third-order valence-electron chi connectivity index (χ3n) is 2.64. The van der Waals surface area contributed by atoms with Gasteiger partial charge in [0.25, 0.3) is 0 Å². The lowest BCUT2D eigenvalue weighted by Gasteiger charge is -2.15. The molecule has 0 aliphatic rings. The second-order valence-corrected chi connectivity index (χ2v) is 5.26. The van der Waals surface area contributed by atoms with E-state index >= 15 is 0 Å². The molecule has 102 valence electrons. The molecule has 0 aromatic carbocycles. The van der Waals surface area contributed by atoms with Crippen LogP contribution >= 0.6 is 11.3 Å². The van der Waals surface area contributed by atoms with Crippen molar-refractivity contribution in [3.63, 3.8) is 0 Å². The lowest BCUT2D eigenvalue weighted by molar-refractivity contribution is 0.576. The normalized spacial score (nSPS) is 12.2. The van der Waals surface area contributed by atoms with E-state index < -0.39 is 11.6 Å². The standard InChI is InChI=1S/C13H15F2N3S/c1-8(6-9-4-3-5-19-9)17-13-11(15)7-10(14)12(16-2)18-13/h3-5,7-8H,6H2,1-2H3,(H2,16,17,18). The molecule has 2 aromatic heterocycles. The summed E-state index contributed by atoms with van der Waals surface area (Å²) in [5, 5.41) is 7.55. The van der Waals surface area contributed by atoms with Crippen molar-refractivity contribution in [1.29, 1.82) is 0 Å². The zero-order valence-electron chi connectivity index (χ0n) is 10.7. The number of pyridine rings is 1. The second-order valence-electron chi connectivity index (χ2n) is 4.23. The van der Waals surface area contributed by atoms with Gasteiger partial charge in [-0.25, -0.2) is 13.8 Å². The Hall–Kier alpha value is -1.69. The molecule has 2 heterocycles. The van der Waals surface area contributed by atoms with Gasteiger partial charge in [-0.15, -0.1) is 11.3 Å². The molecular weight excluding hydrogens is 268 g/mol.